The Morgan fingerprint density at radius 3 is 2.51 bits per heavy atom. The highest BCUT2D eigenvalue weighted by molar-refractivity contribution is 7.92. The number of nitrogens with zero attached hydrogens (tertiary/aromatic N) is 6. The van der Waals surface area contributed by atoms with Crippen molar-refractivity contribution in [2.75, 3.05) is 18.2 Å². The van der Waals surface area contributed by atoms with E-state index in [9.17, 15) is 9.00 Å². The number of aromatic nitrogens is 6. The predicted molar refractivity (Wildman–Crippen MR) is 150 cm³/mol. The van der Waals surface area contributed by atoms with Crippen molar-refractivity contribution >= 4 is 26.7 Å². The molecule has 39 heavy (non-hydrogen) atoms. The molecule has 0 saturated heterocycles. The molecule has 2 N–H and O–H groups in total. The molecule has 1 aliphatic carbocycles. The van der Waals surface area contributed by atoms with Gasteiger partial charge in [0.1, 0.15) is 17.4 Å². The molecule has 0 amide bonds. The Hall–Kier alpha value is -3.93. The maximum absolute atomic E-state index is 13.6. The monoisotopic (exact) mass is 548 g/mol. The summed E-state index contributed by atoms with van der Waals surface area (Å²) in [7, 11) is -1.22. The SMILES string of the molecule is CCCn1c(=O)c(NCc2ccc(S(=N)(=O)CC)cc2)nc2c(C)nc(-c3c(OC)ncnc3C3CC3)nc21. The average molecular weight is 549 g/mol. The van der Waals surface area contributed by atoms with Gasteiger partial charge in [-0.1, -0.05) is 26.0 Å². The number of methoxy groups -OCH3 is 1. The molecule has 0 aliphatic heterocycles. The lowest BCUT2D eigenvalue weighted by Gasteiger charge is -2.15. The Morgan fingerprint density at radius 1 is 1.13 bits per heavy atom. The number of fused-ring (bicyclic) bond motifs is 1. The Kier molecular flexibility index (Phi) is 7.30. The van der Waals surface area contributed by atoms with E-state index in [2.05, 4.69) is 20.3 Å². The van der Waals surface area contributed by atoms with Gasteiger partial charge >= 0.3 is 0 Å². The van der Waals surface area contributed by atoms with Crippen LogP contribution in [0, 0.1) is 11.7 Å². The summed E-state index contributed by atoms with van der Waals surface area (Å²) in [6, 6.07) is 7.03. The van der Waals surface area contributed by atoms with Crippen LogP contribution in [0.3, 0.4) is 0 Å². The van der Waals surface area contributed by atoms with Gasteiger partial charge in [0.15, 0.2) is 17.3 Å². The third-order valence-electron chi connectivity index (χ3n) is 6.81. The van der Waals surface area contributed by atoms with Crippen LogP contribution in [0.1, 0.15) is 56.0 Å². The van der Waals surface area contributed by atoms with E-state index in [1.54, 1.807) is 30.7 Å². The quantitative estimate of drug-likeness (QED) is 0.296. The highest BCUT2D eigenvalue weighted by Crippen LogP contribution is 2.45. The molecule has 1 aromatic carbocycles. The average Bonchev–Trinajstić information content (AvgIpc) is 3.79. The van der Waals surface area contributed by atoms with Gasteiger partial charge in [0.2, 0.25) is 5.88 Å². The molecular formula is C27H32N8O3S. The lowest BCUT2D eigenvalue weighted by molar-refractivity contribution is 0.397. The Bertz CT molecular complexity index is 1700. The standard InChI is InChI=1S/C27H32N8O3S/c1-5-13-35-25-21(16(3)32-23(34-25)20-22(18-9-10-18)30-15-31-26(20)38-4)33-24(27(35)36)29-14-17-7-11-19(12-8-17)39(28,37)6-2/h7-8,11-12,15,18,28H,5-6,9-10,13-14H2,1-4H3,(H,29,33). The molecule has 1 fully saturated rings. The van der Waals surface area contributed by atoms with Crippen LogP contribution >= 0.6 is 0 Å². The van der Waals surface area contributed by atoms with Crippen molar-refractivity contribution < 1.29 is 8.95 Å². The number of aryl methyl sites for hydroxylation is 2. The van der Waals surface area contributed by atoms with Crippen LogP contribution in [0.5, 0.6) is 5.88 Å². The van der Waals surface area contributed by atoms with E-state index in [0.717, 1.165) is 30.5 Å². The summed E-state index contributed by atoms with van der Waals surface area (Å²) in [5.41, 5.74) is 3.74. The van der Waals surface area contributed by atoms with E-state index in [1.807, 2.05) is 26.0 Å². The molecule has 4 aromatic rings. The zero-order chi connectivity index (χ0) is 27.7. The first-order valence-corrected chi connectivity index (χ1v) is 14.8. The molecule has 5 rings (SSSR count). The summed E-state index contributed by atoms with van der Waals surface area (Å²) < 4.78 is 27.5. The molecule has 11 nitrogen and oxygen atoms in total. The molecule has 0 spiro atoms. The first-order chi connectivity index (χ1) is 18.8. The highest BCUT2D eigenvalue weighted by Gasteiger charge is 2.32. The van der Waals surface area contributed by atoms with Crippen LogP contribution in [-0.4, -0.2) is 46.6 Å². The highest BCUT2D eigenvalue weighted by atomic mass is 32.2. The van der Waals surface area contributed by atoms with Gasteiger partial charge in [-0.05, 0) is 43.9 Å². The van der Waals surface area contributed by atoms with Gasteiger partial charge in [-0.3, -0.25) is 9.36 Å². The summed E-state index contributed by atoms with van der Waals surface area (Å²) in [4.78, 5) is 37.1. The van der Waals surface area contributed by atoms with Crippen molar-refractivity contribution in [2.24, 2.45) is 0 Å². The summed E-state index contributed by atoms with van der Waals surface area (Å²) in [5, 5.41) is 3.16. The zero-order valence-electron chi connectivity index (χ0n) is 22.5. The van der Waals surface area contributed by atoms with Crippen molar-refractivity contribution in [2.45, 2.75) is 63.9 Å². The topological polar surface area (TPSA) is 149 Å². The molecule has 3 aromatic heterocycles. The Morgan fingerprint density at radius 2 is 1.87 bits per heavy atom. The van der Waals surface area contributed by atoms with E-state index in [0.29, 0.717) is 58.0 Å². The molecule has 12 heteroatoms. The molecule has 0 radical (unpaired) electrons. The van der Waals surface area contributed by atoms with Gasteiger partial charge in [-0.25, -0.2) is 33.9 Å². The largest absolute Gasteiger partial charge is 0.480 e. The van der Waals surface area contributed by atoms with Crippen molar-refractivity contribution in [1.29, 1.82) is 4.78 Å². The minimum Gasteiger partial charge on any atom is -0.480 e. The third-order valence-corrected chi connectivity index (χ3v) is 8.65. The van der Waals surface area contributed by atoms with Crippen LogP contribution in [0.4, 0.5) is 5.82 Å². The second kappa shape index (κ2) is 10.7. The van der Waals surface area contributed by atoms with Gasteiger partial charge < -0.3 is 10.1 Å². The third kappa shape index (κ3) is 5.20. The number of hydrogen-bond acceptors (Lipinski definition) is 10. The van der Waals surface area contributed by atoms with Gasteiger partial charge in [0.05, 0.1) is 28.2 Å². The van der Waals surface area contributed by atoms with Crippen LogP contribution in [0.15, 0.2) is 40.3 Å². The number of anilines is 1. The smallest absolute Gasteiger partial charge is 0.294 e. The van der Waals surface area contributed by atoms with Crippen molar-refractivity contribution in [3.8, 4) is 17.3 Å². The van der Waals surface area contributed by atoms with Crippen molar-refractivity contribution in [3.63, 3.8) is 0 Å². The second-order valence-corrected chi connectivity index (χ2v) is 12.0. The van der Waals surface area contributed by atoms with Crippen LogP contribution in [-0.2, 0) is 22.8 Å². The second-order valence-electron chi connectivity index (χ2n) is 9.60. The summed E-state index contributed by atoms with van der Waals surface area (Å²) in [6.45, 7) is 6.39. The number of nitrogens with one attached hydrogen (secondary N) is 2. The fourth-order valence-corrected chi connectivity index (χ4v) is 5.41. The van der Waals surface area contributed by atoms with E-state index in [1.165, 1.54) is 6.33 Å². The summed E-state index contributed by atoms with van der Waals surface area (Å²) >= 11 is 0. The van der Waals surface area contributed by atoms with Crippen LogP contribution in [0.2, 0.25) is 0 Å². The molecule has 3 heterocycles. The predicted octanol–water partition coefficient (Wildman–Crippen LogP) is 4.29. The molecule has 1 saturated carbocycles. The first-order valence-electron chi connectivity index (χ1n) is 13.0. The molecule has 1 unspecified atom stereocenters. The molecule has 1 aliphatic rings. The van der Waals surface area contributed by atoms with Crippen LogP contribution < -0.4 is 15.6 Å². The minimum atomic E-state index is -2.78. The van der Waals surface area contributed by atoms with Gasteiger partial charge in [-0.15, -0.1) is 0 Å². The Labute approximate surface area is 227 Å². The van der Waals surface area contributed by atoms with E-state index in [4.69, 9.17) is 19.5 Å². The maximum atomic E-state index is 13.6. The fourth-order valence-electron chi connectivity index (χ4n) is 4.51. The Balaban J connectivity index is 1.55. The first kappa shape index (κ1) is 26.7. The van der Waals surface area contributed by atoms with Crippen LogP contribution in [0.25, 0.3) is 22.6 Å². The van der Waals surface area contributed by atoms with E-state index >= 15 is 0 Å². The van der Waals surface area contributed by atoms with Crippen molar-refractivity contribution in [1.82, 2.24) is 29.5 Å². The normalized spacial score (nSPS) is 14.8. The fraction of sp³-hybridized carbons (Fsp3) is 0.407. The molecule has 0 bridgehead atoms. The zero-order valence-corrected chi connectivity index (χ0v) is 23.3. The molecule has 204 valence electrons. The maximum Gasteiger partial charge on any atom is 0.294 e. The summed E-state index contributed by atoms with van der Waals surface area (Å²) in [5.74, 6) is 1.62. The molecule has 1 atom stereocenters. The lowest BCUT2D eigenvalue weighted by Crippen LogP contribution is -2.26. The number of benzene rings is 1. The van der Waals surface area contributed by atoms with E-state index in [-0.39, 0.29) is 17.1 Å². The van der Waals surface area contributed by atoms with Gasteiger partial charge in [-0.2, -0.15) is 0 Å². The summed E-state index contributed by atoms with van der Waals surface area (Å²) in [6.07, 6.45) is 4.31. The molecular weight excluding hydrogens is 516 g/mol. The number of hydrogen-bond donors (Lipinski definition) is 2. The number of ether oxygens (including phenoxy) is 1. The number of rotatable bonds is 10. The van der Waals surface area contributed by atoms with Gasteiger partial charge in [0.25, 0.3) is 5.56 Å². The van der Waals surface area contributed by atoms with Crippen molar-refractivity contribution in [3.05, 3.63) is 57.9 Å². The van der Waals surface area contributed by atoms with E-state index < -0.39 is 9.73 Å². The van der Waals surface area contributed by atoms with Gasteiger partial charge in [0, 0.05) is 29.7 Å². The lowest BCUT2D eigenvalue weighted by atomic mass is 10.1. The minimum absolute atomic E-state index is 0.205.